The molecule has 0 fully saturated rings. The van der Waals surface area contributed by atoms with Gasteiger partial charge in [-0.25, -0.2) is 9.97 Å². The fourth-order valence-corrected chi connectivity index (χ4v) is 2.41. The first kappa shape index (κ1) is 17.2. The van der Waals surface area contributed by atoms with Crippen LogP contribution in [-0.4, -0.2) is 15.9 Å². The second-order valence-corrected chi connectivity index (χ2v) is 6.02. The number of halogens is 2. The molecule has 1 heterocycles. The Kier molecular flexibility index (Phi) is 5.48. The summed E-state index contributed by atoms with van der Waals surface area (Å²) < 4.78 is 0. The van der Waals surface area contributed by atoms with Crippen molar-refractivity contribution < 1.29 is 4.79 Å². The lowest BCUT2D eigenvalue weighted by molar-refractivity contribution is 0.0946. The summed E-state index contributed by atoms with van der Waals surface area (Å²) in [5, 5.41) is 7.01. The van der Waals surface area contributed by atoms with E-state index in [0.29, 0.717) is 28.2 Å². The van der Waals surface area contributed by atoms with E-state index >= 15 is 0 Å². The van der Waals surface area contributed by atoms with Gasteiger partial charge in [0.15, 0.2) is 0 Å². The Morgan fingerprint density at radius 3 is 2.52 bits per heavy atom. The van der Waals surface area contributed by atoms with Crippen molar-refractivity contribution in [2.75, 3.05) is 5.32 Å². The van der Waals surface area contributed by atoms with Crippen molar-refractivity contribution in [2.24, 2.45) is 0 Å². The highest BCUT2D eigenvalue weighted by atomic mass is 35.5. The molecule has 0 aliphatic heterocycles. The van der Waals surface area contributed by atoms with E-state index in [2.05, 4.69) is 20.6 Å². The van der Waals surface area contributed by atoms with Crippen LogP contribution < -0.4 is 10.6 Å². The summed E-state index contributed by atoms with van der Waals surface area (Å²) >= 11 is 11.9. The molecule has 0 radical (unpaired) electrons. The molecule has 0 atom stereocenters. The quantitative estimate of drug-likeness (QED) is 0.693. The molecule has 2 N–H and O–H groups in total. The highest BCUT2D eigenvalue weighted by Gasteiger charge is 2.09. The number of hydrogen-bond acceptors (Lipinski definition) is 4. The largest absolute Gasteiger partial charge is 0.347 e. The summed E-state index contributed by atoms with van der Waals surface area (Å²) in [5.74, 6) is 0.00630. The number of nitrogens with one attached hydrogen (secondary N) is 2. The second kappa shape index (κ2) is 7.96. The van der Waals surface area contributed by atoms with Crippen LogP contribution in [0.15, 0.2) is 60.8 Å². The number of para-hydroxylation sites is 1. The van der Waals surface area contributed by atoms with Crippen LogP contribution in [0.1, 0.15) is 16.1 Å². The SMILES string of the molecule is O=C(NCc1ccc(Cl)cc1)c1ccnc(Nc2ccccc2Cl)n1. The van der Waals surface area contributed by atoms with Crippen LogP contribution in [0.5, 0.6) is 0 Å². The summed E-state index contributed by atoms with van der Waals surface area (Å²) in [5.41, 5.74) is 1.88. The molecule has 3 aromatic rings. The Hall–Kier alpha value is -2.63. The molecule has 0 unspecified atom stereocenters. The van der Waals surface area contributed by atoms with Gasteiger partial charge in [-0.1, -0.05) is 47.5 Å². The van der Waals surface area contributed by atoms with Crippen molar-refractivity contribution in [2.45, 2.75) is 6.54 Å². The van der Waals surface area contributed by atoms with E-state index < -0.39 is 0 Å². The van der Waals surface area contributed by atoms with E-state index in [4.69, 9.17) is 23.2 Å². The van der Waals surface area contributed by atoms with Gasteiger partial charge in [0, 0.05) is 17.8 Å². The smallest absolute Gasteiger partial charge is 0.270 e. The molecule has 2 aromatic carbocycles. The van der Waals surface area contributed by atoms with Crippen molar-refractivity contribution in [3.63, 3.8) is 0 Å². The molecule has 1 aromatic heterocycles. The predicted molar refractivity (Wildman–Crippen MR) is 99.4 cm³/mol. The average molecular weight is 373 g/mol. The molecule has 25 heavy (non-hydrogen) atoms. The standard InChI is InChI=1S/C18H14Cl2N4O/c19-13-7-5-12(6-8-13)11-22-17(25)16-9-10-21-18(24-16)23-15-4-2-1-3-14(15)20/h1-10H,11H2,(H,22,25)(H,21,23,24). The number of carbonyl (C=O) groups is 1. The lowest BCUT2D eigenvalue weighted by Crippen LogP contribution is -2.24. The highest BCUT2D eigenvalue weighted by molar-refractivity contribution is 6.33. The minimum atomic E-state index is -0.292. The van der Waals surface area contributed by atoms with E-state index in [0.717, 1.165) is 5.56 Å². The maximum atomic E-state index is 12.3. The molecule has 0 saturated heterocycles. The maximum Gasteiger partial charge on any atom is 0.270 e. The number of nitrogens with zero attached hydrogens (tertiary/aromatic N) is 2. The van der Waals surface area contributed by atoms with E-state index in [1.807, 2.05) is 24.3 Å². The molecular weight excluding hydrogens is 359 g/mol. The van der Waals surface area contributed by atoms with Crippen LogP contribution in [0.2, 0.25) is 10.0 Å². The van der Waals surface area contributed by atoms with Crippen LogP contribution in [0, 0.1) is 0 Å². The van der Waals surface area contributed by atoms with Crippen LogP contribution >= 0.6 is 23.2 Å². The zero-order valence-corrected chi connectivity index (χ0v) is 14.6. The molecule has 0 aliphatic rings. The molecule has 5 nitrogen and oxygen atoms in total. The zero-order valence-electron chi connectivity index (χ0n) is 13.0. The molecule has 126 valence electrons. The number of anilines is 2. The monoisotopic (exact) mass is 372 g/mol. The van der Waals surface area contributed by atoms with Gasteiger partial charge in [0.1, 0.15) is 5.69 Å². The third-order valence-corrected chi connectivity index (χ3v) is 3.96. The Morgan fingerprint density at radius 2 is 1.76 bits per heavy atom. The zero-order chi connectivity index (χ0) is 17.6. The van der Waals surface area contributed by atoms with Crippen LogP contribution in [0.3, 0.4) is 0 Å². The van der Waals surface area contributed by atoms with Gasteiger partial charge in [-0.05, 0) is 35.9 Å². The van der Waals surface area contributed by atoms with Gasteiger partial charge in [-0.2, -0.15) is 0 Å². The molecule has 0 spiro atoms. The van der Waals surface area contributed by atoms with Gasteiger partial charge in [0.25, 0.3) is 5.91 Å². The predicted octanol–water partition coefficient (Wildman–Crippen LogP) is 4.46. The molecule has 1 amide bonds. The van der Waals surface area contributed by atoms with Crippen LogP contribution in [-0.2, 0) is 6.54 Å². The summed E-state index contributed by atoms with van der Waals surface area (Å²) in [6, 6.07) is 16.0. The minimum absolute atomic E-state index is 0.263. The van der Waals surface area contributed by atoms with Crippen LogP contribution in [0.25, 0.3) is 0 Å². The fourth-order valence-electron chi connectivity index (χ4n) is 2.10. The summed E-state index contributed by atoms with van der Waals surface area (Å²) in [6.45, 7) is 0.382. The van der Waals surface area contributed by atoms with E-state index in [9.17, 15) is 4.79 Å². The van der Waals surface area contributed by atoms with Crippen molar-refractivity contribution in [1.82, 2.24) is 15.3 Å². The summed E-state index contributed by atoms with van der Waals surface area (Å²) in [6.07, 6.45) is 1.52. The number of hydrogen-bond donors (Lipinski definition) is 2. The Balaban J connectivity index is 1.67. The van der Waals surface area contributed by atoms with Gasteiger partial charge in [0.05, 0.1) is 10.7 Å². The Bertz CT molecular complexity index is 884. The normalized spacial score (nSPS) is 10.3. The third kappa shape index (κ3) is 4.68. The van der Waals surface area contributed by atoms with E-state index in [-0.39, 0.29) is 11.6 Å². The minimum Gasteiger partial charge on any atom is -0.347 e. The van der Waals surface area contributed by atoms with Crippen molar-refractivity contribution in [3.05, 3.63) is 82.1 Å². The summed E-state index contributed by atoms with van der Waals surface area (Å²) in [7, 11) is 0. The lowest BCUT2D eigenvalue weighted by atomic mass is 10.2. The van der Waals surface area contributed by atoms with Gasteiger partial charge >= 0.3 is 0 Å². The number of rotatable bonds is 5. The molecule has 3 rings (SSSR count). The molecule has 0 saturated carbocycles. The highest BCUT2D eigenvalue weighted by Crippen LogP contribution is 2.23. The first-order chi connectivity index (χ1) is 12.1. The Labute approximate surface area is 155 Å². The first-order valence-corrected chi connectivity index (χ1v) is 8.24. The Morgan fingerprint density at radius 1 is 1.00 bits per heavy atom. The number of aromatic nitrogens is 2. The van der Waals surface area contributed by atoms with E-state index in [1.54, 1.807) is 30.3 Å². The van der Waals surface area contributed by atoms with Gasteiger partial charge in [-0.15, -0.1) is 0 Å². The average Bonchev–Trinajstić information content (AvgIpc) is 2.63. The van der Waals surface area contributed by atoms with Gasteiger partial charge < -0.3 is 10.6 Å². The lowest BCUT2D eigenvalue weighted by Gasteiger charge is -2.08. The molecule has 7 heteroatoms. The van der Waals surface area contributed by atoms with Crippen molar-refractivity contribution in [3.8, 4) is 0 Å². The van der Waals surface area contributed by atoms with Crippen LogP contribution in [0.4, 0.5) is 11.6 Å². The van der Waals surface area contributed by atoms with Gasteiger partial charge in [0.2, 0.25) is 5.95 Å². The first-order valence-electron chi connectivity index (χ1n) is 7.49. The summed E-state index contributed by atoms with van der Waals surface area (Å²) in [4.78, 5) is 20.6. The number of carbonyl (C=O) groups excluding carboxylic acids is 1. The van der Waals surface area contributed by atoms with E-state index in [1.165, 1.54) is 6.20 Å². The van der Waals surface area contributed by atoms with Gasteiger partial charge in [-0.3, -0.25) is 4.79 Å². The van der Waals surface area contributed by atoms with Crippen molar-refractivity contribution in [1.29, 1.82) is 0 Å². The molecule has 0 bridgehead atoms. The number of benzene rings is 2. The fraction of sp³-hybridized carbons (Fsp3) is 0.0556. The second-order valence-electron chi connectivity index (χ2n) is 5.18. The maximum absolute atomic E-state index is 12.3. The van der Waals surface area contributed by atoms with Crippen molar-refractivity contribution >= 4 is 40.7 Å². The third-order valence-electron chi connectivity index (χ3n) is 3.37. The topological polar surface area (TPSA) is 66.9 Å². The molecule has 0 aliphatic carbocycles. The number of amides is 1. The molecular formula is C18H14Cl2N4O.